The van der Waals surface area contributed by atoms with Gasteiger partial charge in [0.15, 0.2) is 0 Å². The van der Waals surface area contributed by atoms with Crippen LogP contribution < -0.4 is 25.6 Å². The lowest BCUT2D eigenvalue weighted by Crippen LogP contribution is -2.44. The summed E-state index contributed by atoms with van der Waals surface area (Å²) in [6.07, 6.45) is 0.731. The summed E-state index contributed by atoms with van der Waals surface area (Å²) in [4.78, 5) is 28.1. The van der Waals surface area contributed by atoms with Crippen molar-refractivity contribution in [3.05, 3.63) is 78.4 Å². The Balaban J connectivity index is 1.34. The van der Waals surface area contributed by atoms with Gasteiger partial charge in [0.05, 0.1) is 20.8 Å². The molecule has 0 unspecified atom stereocenters. The summed E-state index contributed by atoms with van der Waals surface area (Å²) in [5.41, 5.74) is 9.76. The van der Waals surface area contributed by atoms with E-state index < -0.39 is 0 Å². The van der Waals surface area contributed by atoms with Gasteiger partial charge in [-0.25, -0.2) is 0 Å². The molecule has 0 spiro atoms. The summed E-state index contributed by atoms with van der Waals surface area (Å²) in [5, 5.41) is 4.06. The Hall–Kier alpha value is -4.46. The van der Waals surface area contributed by atoms with Gasteiger partial charge < -0.3 is 19.8 Å². The fourth-order valence-electron chi connectivity index (χ4n) is 3.84. The molecule has 0 bridgehead atoms. The molecular formula is C27H28N4O4. The van der Waals surface area contributed by atoms with Crippen LogP contribution in [0.2, 0.25) is 0 Å². The van der Waals surface area contributed by atoms with Gasteiger partial charge in [-0.15, -0.1) is 0 Å². The number of nitrogens with one attached hydrogen (secondary N) is 4. The summed E-state index contributed by atoms with van der Waals surface area (Å²) in [6, 6.07) is 23.0. The maximum absolute atomic E-state index is 12.5. The number of aromatic amines is 1. The van der Waals surface area contributed by atoms with Crippen LogP contribution in [0.1, 0.15) is 12.0 Å². The summed E-state index contributed by atoms with van der Waals surface area (Å²) in [6.45, 7) is 0.0245. The van der Waals surface area contributed by atoms with Gasteiger partial charge in [-0.2, -0.15) is 0 Å². The number of rotatable bonds is 9. The highest BCUT2D eigenvalue weighted by Gasteiger charge is 2.15. The number of aryl methyl sites for hydroxylation is 1. The number of aromatic nitrogens is 1. The van der Waals surface area contributed by atoms with Crippen molar-refractivity contribution >= 4 is 28.4 Å². The summed E-state index contributed by atoms with van der Waals surface area (Å²) >= 11 is 0. The van der Waals surface area contributed by atoms with Crippen LogP contribution in [-0.2, 0) is 16.0 Å². The Kier molecular flexibility index (Phi) is 7.52. The number of hydrogen-bond donors (Lipinski definition) is 4. The molecule has 4 aromatic rings. The minimum Gasteiger partial charge on any atom is -0.497 e. The van der Waals surface area contributed by atoms with Crippen molar-refractivity contribution in [3.63, 3.8) is 0 Å². The first kappa shape index (κ1) is 23.7. The topological polar surface area (TPSA) is 104 Å². The molecule has 1 aromatic heterocycles. The molecule has 0 saturated carbocycles. The number of carbonyl (C=O) groups excluding carboxylic acids is 2. The summed E-state index contributed by atoms with van der Waals surface area (Å²) in [5.74, 6) is 0.898. The number of hydrogen-bond acceptors (Lipinski definition) is 5. The Morgan fingerprint density at radius 1 is 0.800 bits per heavy atom. The maximum atomic E-state index is 12.5. The predicted octanol–water partition coefficient (Wildman–Crippen LogP) is 4.04. The Labute approximate surface area is 203 Å². The lowest BCUT2D eigenvalue weighted by Gasteiger charge is -2.10. The molecule has 0 fully saturated rings. The van der Waals surface area contributed by atoms with E-state index in [9.17, 15) is 9.59 Å². The van der Waals surface area contributed by atoms with Crippen LogP contribution in [0.25, 0.3) is 22.2 Å². The van der Waals surface area contributed by atoms with E-state index in [1.165, 1.54) is 0 Å². The van der Waals surface area contributed by atoms with Crippen LogP contribution in [0, 0.1) is 0 Å². The van der Waals surface area contributed by atoms with Gasteiger partial charge in [-0.3, -0.25) is 20.4 Å². The highest BCUT2D eigenvalue weighted by Crippen LogP contribution is 2.32. The molecule has 0 atom stereocenters. The second-order valence-corrected chi connectivity index (χ2v) is 7.93. The molecule has 4 N–H and O–H groups in total. The van der Waals surface area contributed by atoms with E-state index in [0.29, 0.717) is 6.42 Å². The Bertz CT molecular complexity index is 1300. The highest BCUT2D eigenvalue weighted by molar-refractivity contribution is 5.91. The number of anilines is 1. The summed E-state index contributed by atoms with van der Waals surface area (Å²) in [7, 11) is 3.23. The monoisotopic (exact) mass is 472 g/mol. The number of ether oxygens (including phenoxy) is 2. The minimum absolute atomic E-state index is 0.0245. The number of hydrazine groups is 1. The third-order valence-corrected chi connectivity index (χ3v) is 5.68. The first-order chi connectivity index (χ1) is 17.1. The molecule has 8 heteroatoms. The maximum Gasteiger partial charge on any atom is 0.257 e. The SMILES string of the molecule is COc1ccc(NCC(=O)NNC(=O)CCc2c(-c3ccc(OC)cc3)[nH]c3ccccc23)cc1. The zero-order valence-electron chi connectivity index (χ0n) is 19.7. The lowest BCUT2D eigenvalue weighted by molar-refractivity contribution is -0.128. The van der Waals surface area contributed by atoms with E-state index in [-0.39, 0.29) is 24.8 Å². The van der Waals surface area contributed by atoms with Crippen molar-refractivity contribution in [2.45, 2.75) is 12.8 Å². The molecule has 3 aromatic carbocycles. The Morgan fingerprint density at radius 2 is 1.43 bits per heavy atom. The first-order valence-electron chi connectivity index (χ1n) is 11.3. The fraction of sp³-hybridized carbons (Fsp3) is 0.185. The van der Waals surface area contributed by atoms with Gasteiger partial charge in [0.1, 0.15) is 11.5 Å². The van der Waals surface area contributed by atoms with Gasteiger partial charge in [-0.05, 0) is 72.1 Å². The van der Waals surface area contributed by atoms with Crippen molar-refractivity contribution < 1.29 is 19.1 Å². The third kappa shape index (κ3) is 5.92. The normalized spacial score (nSPS) is 10.6. The van der Waals surface area contributed by atoms with E-state index in [4.69, 9.17) is 9.47 Å². The molecule has 180 valence electrons. The van der Waals surface area contributed by atoms with Crippen LogP contribution in [0.5, 0.6) is 11.5 Å². The number of para-hydroxylation sites is 1. The second-order valence-electron chi connectivity index (χ2n) is 7.93. The van der Waals surface area contributed by atoms with E-state index in [1.54, 1.807) is 26.4 Å². The number of H-pyrrole nitrogens is 1. The quantitative estimate of drug-likeness (QED) is 0.275. The van der Waals surface area contributed by atoms with Crippen molar-refractivity contribution in [2.24, 2.45) is 0 Å². The van der Waals surface area contributed by atoms with Gasteiger partial charge in [0, 0.05) is 28.7 Å². The number of carbonyl (C=O) groups is 2. The van der Waals surface area contributed by atoms with Crippen LogP contribution in [0.15, 0.2) is 72.8 Å². The molecule has 0 aliphatic heterocycles. The van der Waals surface area contributed by atoms with Crippen molar-refractivity contribution in [3.8, 4) is 22.8 Å². The number of amides is 2. The van der Waals surface area contributed by atoms with Crippen LogP contribution >= 0.6 is 0 Å². The van der Waals surface area contributed by atoms with Gasteiger partial charge >= 0.3 is 0 Å². The van der Waals surface area contributed by atoms with E-state index in [0.717, 1.165) is 44.9 Å². The van der Waals surface area contributed by atoms with E-state index in [2.05, 4.69) is 21.2 Å². The number of fused-ring (bicyclic) bond motifs is 1. The molecule has 2 amide bonds. The average molecular weight is 473 g/mol. The molecule has 0 aliphatic carbocycles. The first-order valence-corrected chi connectivity index (χ1v) is 11.3. The highest BCUT2D eigenvalue weighted by atomic mass is 16.5. The molecular weight excluding hydrogens is 444 g/mol. The molecule has 0 saturated heterocycles. The van der Waals surface area contributed by atoms with Gasteiger partial charge in [0.25, 0.3) is 5.91 Å². The van der Waals surface area contributed by atoms with Gasteiger partial charge in [-0.1, -0.05) is 18.2 Å². The van der Waals surface area contributed by atoms with Crippen LogP contribution in [0.4, 0.5) is 5.69 Å². The zero-order valence-corrected chi connectivity index (χ0v) is 19.7. The van der Waals surface area contributed by atoms with Crippen LogP contribution in [-0.4, -0.2) is 37.6 Å². The van der Waals surface area contributed by atoms with Crippen molar-refractivity contribution in [2.75, 3.05) is 26.1 Å². The van der Waals surface area contributed by atoms with Crippen molar-refractivity contribution in [1.82, 2.24) is 15.8 Å². The molecule has 1 heterocycles. The van der Waals surface area contributed by atoms with E-state index in [1.807, 2.05) is 60.7 Å². The number of methoxy groups -OCH3 is 2. The molecule has 0 radical (unpaired) electrons. The molecule has 0 aliphatic rings. The third-order valence-electron chi connectivity index (χ3n) is 5.68. The average Bonchev–Trinajstić information content (AvgIpc) is 3.28. The van der Waals surface area contributed by atoms with Gasteiger partial charge in [0.2, 0.25) is 5.91 Å². The fourth-order valence-corrected chi connectivity index (χ4v) is 3.84. The largest absolute Gasteiger partial charge is 0.497 e. The number of benzene rings is 3. The zero-order chi connectivity index (χ0) is 24.6. The van der Waals surface area contributed by atoms with E-state index >= 15 is 0 Å². The minimum atomic E-state index is -0.347. The molecule has 4 rings (SSSR count). The standard InChI is InChI=1S/C27H28N4O4/c1-34-20-11-7-18(8-12-20)27-23(22-5-3-4-6-24(22)29-27)15-16-25(32)30-31-26(33)17-28-19-9-13-21(35-2)14-10-19/h3-14,28-29H,15-17H2,1-2H3,(H,30,32)(H,31,33). The Morgan fingerprint density at radius 3 is 2.11 bits per heavy atom. The van der Waals surface area contributed by atoms with Crippen molar-refractivity contribution in [1.29, 1.82) is 0 Å². The lowest BCUT2D eigenvalue weighted by atomic mass is 10.0. The molecule has 8 nitrogen and oxygen atoms in total. The molecule has 35 heavy (non-hydrogen) atoms. The smallest absolute Gasteiger partial charge is 0.257 e. The second kappa shape index (κ2) is 11.1. The predicted molar refractivity (Wildman–Crippen MR) is 136 cm³/mol. The van der Waals surface area contributed by atoms with Crippen LogP contribution in [0.3, 0.4) is 0 Å². The summed E-state index contributed by atoms with van der Waals surface area (Å²) < 4.78 is 10.4.